The van der Waals surface area contributed by atoms with E-state index in [-0.39, 0.29) is 11.9 Å². The van der Waals surface area contributed by atoms with E-state index >= 15 is 0 Å². The van der Waals surface area contributed by atoms with Crippen LogP contribution in [0.4, 0.5) is 0 Å². The molecule has 1 saturated heterocycles. The zero-order valence-corrected chi connectivity index (χ0v) is 9.14. The number of fused-ring (bicyclic) bond motifs is 1. The number of carbonyl (C=O) groups is 1. The SMILES string of the molecule is O=C1NCCNC1Cc1nc2ncccc2o1. The molecule has 1 fully saturated rings. The summed E-state index contributed by atoms with van der Waals surface area (Å²) >= 11 is 0. The molecule has 2 N–H and O–H groups in total. The summed E-state index contributed by atoms with van der Waals surface area (Å²) in [5.74, 6) is 0.528. The summed E-state index contributed by atoms with van der Waals surface area (Å²) < 4.78 is 5.53. The van der Waals surface area contributed by atoms with Gasteiger partial charge in [-0.3, -0.25) is 4.79 Å². The van der Waals surface area contributed by atoms with Gasteiger partial charge in [0.05, 0.1) is 6.04 Å². The van der Waals surface area contributed by atoms with Crippen LogP contribution in [0.2, 0.25) is 0 Å². The molecule has 0 radical (unpaired) electrons. The van der Waals surface area contributed by atoms with Crippen molar-refractivity contribution in [3.05, 3.63) is 24.2 Å². The van der Waals surface area contributed by atoms with E-state index in [0.717, 1.165) is 6.54 Å². The van der Waals surface area contributed by atoms with Gasteiger partial charge in [-0.1, -0.05) is 0 Å². The second kappa shape index (κ2) is 4.14. The Morgan fingerprint density at radius 2 is 2.41 bits per heavy atom. The summed E-state index contributed by atoms with van der Waals surface area (Å²) in [6.45, 7) is 1.44. The minimum absolute atomic E-state index is 0.00790. The number of aromatic nitrogens is 2. The predicted octanol–water partition coefficient (Wildman–Crippen LogP) is -0.147. The Balaban J connectivity index is 1.82. The van der Waals surface area contributed by atoms with Gasteiger partial charge in [0, 0.05) is 25.7 Å². The molecule has 1 unspecified atom stereocenters. The van der Waals surface area contributed by atoms with Crippen LogP contribution in [-0.2, 0) is 11.2 Å². The van der Waals surface area contributed by atoms with Gasteiger partial charge in [-0.05, 0) is 12.1 Å². The lowest BCUT2D eigenvalue weighted by Gasteiger charge is -2.22. The van der Waals surface area contributed by atoms with Gasteiger partial charge in [0.1, 0.15) is 0 Å². The molecular weight excluding hydrogens is 220 g/mol. The molecular formula is C11H12N4O2. The molecule has 6 nitrogen and oxygen atoms in total. The van der Waals surface area contributed by atoms with Crippen LogP contribution in [0.5, 0.6) is 0 Å². The second-order valence-electron chi connectivity index (χ2n) is 3.93. The third kappa shape index (κ3) is 1.99. The Labute approximate surface area is 97.4 Å². The van der Waals surface area contributed by atoms with Gasteiger partial charge >= 0.3 is 0 Å². The van der Waals surface area contributed by atoms with Crippen molar-refractivity contribution in [3.63, 3.8) is 0 Å². The topological polar surface area (TPSA) is 80.0 Å². The zero-order chi connectivity index (χ0) is 11.7. The molecule has 0 spiro atoms. The molecule has 17 heavy (non-hydrogen) atoms. The number of oxazole rings is 1. The van der Waals surface area contributed by atoms with Crippen LogP contribution in [0.15, 0.2) is 22.7 Å². The van der Waals surface area contributed by atoms with Gasteiger partial charge < -0.3 is 15.1 Å². The highest BCUT2D eigenvalue weighted by atomic mass is 16.3. The zero-order valence-electron chi connectivity index (χ0n) is 9.14. The van der Waals surface area contributed by atoms with E-state index in [4.69, 9.17) is 4.42 Å². The Morgan fingerprint density at radius 3 is 3.24 bits per heavy atom. The average Bonchev–Trinajstić information content (AvgIpc) is 2.74. The van der Waals surface area contributed by atoms with Gasteiger partial charge in [0.25, 0.3) is 0 Å². The van der Waals surface area contributed by atoms with Crippen molar-refractivity contribution >= 4 is 17.1 Å². The lowest BCUT2D eigenvalue weighted by Crippen LogP contribution is -2.53. The summed E-state index contributed by atoms with van der Waals surface area (Å²) in [4.78, 5) is 19.9. The molecule has 1 aliphatic heterocycles. The Morgan fingerprint density at radius 1 is 1.47 bits per heavy atom. The number of carbonyl (C=O) groups excluding carboxylic acids is 1. The summed E-state index contributed by atoms with van der Waals surface area (Å²) in [6, 6.07) is 3.34. The van der Waals surface area contributed by atoms with E-state index < -0.39 is 0 Å². The highest BCUT2D eigenvalue weighted by Gasteiger charge is 2.23. The molecule has 2 aromatic rings. The molecule has 3 heterocycles. The molecule has 1 atom stereocenters. The summed E-state index contributed by atoms with van der Waals surface area (Å²) in [7, 11) is 0. The van der Waals surface area contributed by atoms with E-state index in [0.29, 0.717) is 30.1 Å². The average molecular weight is 232 g/mol. The van der Waals surface area contributed by atoms with Crippen molar-refractivity contribution in [2.24, 2.45) is 0 Å². The maximum Gasteiger partial charge on any atom is 0.237 e. The molecule has 0 bridgehead atoms. The standard InChI is InChI=1S/C11H12N4O2/c16-11-7(12-4-5-14-11)6-9-15-10-8(17-9)2-1-3-13-10/h1-3,7,12H,4-6H2,(H,14,16). The van der Waals surface area contributed by atoms with Crippen molar-refractivity contribution in [1.82, 2.24) is 20.6 Å². The predicted molar refractivity (Wildman–Crippen MR) is 60.3 cm³/mol. The smallest absolute Gasteiger partial charge is 0.237 e. The molecule has 1 aliphatic rings. The number of hydrogen-bond donors (Lipinski definition) is 2. The minimum Gasteiger partial charge on any atom is -0.439 e. The third-order valence-corrected chi connectivity index (χ3v) is 2.72. The van der Waals surface area contributed by atoms with Crippen LogP contribution in [-0.4, -0.2) is 35.0 Å². The van der Waals surface area contributed by atoms with E-state index in [1.54, 1.807) is 12.3 Å². The van der Waals surface area contributed by atoms with Crippen molar-refractivity contribution in [2.45, 2.75) is 12.5 Å². The van der Waals surface area contributed by atoms with E-state index in [1.807, 2.05) is 6.07 Å². The van der Waals surface area contributed by atoms with E-state index in [9.17, 15) is 4.79 Å². The highest BCUT2D eigenvalue weighted by Crippen LogP contribution is 2.13. The molecule has 2 aromatic heterocycles. The quantitative estimate of drug-likeness (QED) is 0.753. The molecule has 88 valence electrons. The van der Waals surface area contributed by atoms with E-state index in [2.05, 4.69) is 20.6 Å². The number of nitrogens with zero attached hydrogens (tertiary/aromatic N) is 2. The fraction of sp³-hybridized carbons (Fsp3) is 0.364. The summed E-state index contributed by atoms with van der Waals surface area (Å²) in [5, 5.41) is 5.93. The van der Waals surface area contributed by atoms with Crippen LogP contribution in [0.3, 0.4) is 0 Å². The van der Waals surface area contributed by atoms with Crippen molar-refractivity contribution in [1.29, 1.82) is 0 Å². The van der Waals surface area contributed by atoms with Crippen LogP contribution in [0.25, 0.3) is 11.2 Å². The number of amides is 1. The van der Waals surface area contributed by atoms with Gasteiger partial charge in [-0.15, -0.1) is 0 Å². The molecule has 3 rings (SSSR count). The van der Waals surface area contributed by atoms with Gasteiger partial charge in [0.15, 0.2) is 17.1 Å². The normalized spacial score (nSPS) is 20.5. The van der Waals surface area contributed by atoms with Gasteiger partial charge in [-0.2, -0.15) is 4.98 Å². The van der Waals surface area contributed by atoms with Crippen molar-refractivity contribution < 1.29 is 9.21 Å². The number of piperazine rings is 1. The largest absolute Gasteiger partial charge is 0.439 e. The Kier molecular flexibility index (Phi) is 2.49. The fourth-order valence-corrected chi connectivity index (χ4v) is 1.89. The summed E-state index contributed by atoms with van der Waals surface area (Å²) in [6.07, 6.45) is 2.11. The number of nitrogens with one attached hydrogen (secondary N) is 2. The van der Waals surface area contributed by atoms with E-state index in [1.165, 1.54) is 0 Å². The monoisotopic (exact) mass is 232 g/mol. The first-order valence-electron chi connectivity index (χ1n) is 5.54. The Hall–Kier alpha value is -1.95. The number of pyridine rings is 1. The maximum absolute atomic E-state index is 11.6. The van der Waals surface area contributed by atoms with Crippen molar-refractivity contribution in [3.8, 4) is 0 Å². The maximum atomic E-state index is 11.6. The fourth-order valence-electron chi connectivity index (χ4n) is 1.89. The van der Waals surface area contributed by atoms with Crippen molar-refractivity contribution in [2.75, 3.05) is 13.1 Å². The third-order valence-electron chi connectivity index (χ3n) is 2.72. The Bertz CT molecular complexity index is 518. The number of rotatable bonds is 2. The lowest BCUT2D eigenvalue weighted by atomic mass is 10.1. The van der Waals surface area contributed by atoms with Crippen LogP contribution in [0.1, 0.15) is 5.89 Å². The molecule has 0 aromatic carbocycles. The first-order valence-corrected chi connectivity index (χ1v) is 5.54. The molecule has 0 aliphatic carbocycles. The minimum atomic E-state index is -0.267. The molecule has 0 saturated carbocycles. The highest BCUT2D eigenvalue weighted by molar-refractivity contribution is 5.82. The first kappa shape index (κ1) is 10.2. The number of hydrogen-bond acceptors (Lipinski definition) is 5. The lowest BCUT2D eigenvalue weighted by molar-refractivity contribution is -0.124. The summed E-state index contributed by atoms with van der Waals surface area (Å²) in [5.41, 5.74) is 1.23. The second-order valence-corrected chi connectivity index (χ2v) is 3.93. The van der Waals surface area contributed by atoms with Gasteiger partial charge in [0.2, 0.25) is 5.91 Å². The van der Waals surface area contributed by atoms with Crippen LogP contribution >= 0.6 is 0 Å². The van der Waals surface area contributed by atoms with Gasteiger partial charge in [-0.25, -0.2) is 4.98 Å². The van der Waals surface area contributed by atoms with Crippen LogP contribution in [0, 0.1) is 0 Å². The first-order chi connectivity index (χ1) is 8.33. The van der Waals surface area contributed by atoms with Crippen LogP contribution < -0.4 is 10.6 Å². The molecule has 6 heteroatoms. The molecule has 1 amide bonds.